The zero-order chi connectivity index (χ0) is 12.9. The molecule has 0 radical (unpaired) electrons. The Balaban J connectivity index is 0. The van der Waals surface area contributed by atoms with Crippen molar-refractivity contribution >= 4 is 21.6 Å². The van der Waals surface area contributed by atoms with E-state index in [0.29, 0.717) is 6.04 Å². The fourth-order valence-corrected chi connectivity index (χ4v) is 3.10. The number of hydrogen-bond donors (Lipinski definition) is 1. The molecule has 0 heterocycles. The van der Waals surface area contributed by atoms with Crippen LogP contribution >= 0.6 is 21.6 Å². The van der Waals surface area contributed by atoms with E-state index in [1.165, 1.54) is 0 Å². The smallest absolute Gasteiger partial charge is 0.665 e. The zero-order valence-electron chi connectivity index (χ0n) is 12.6. The van der Waals surface area contributed by atoms with Gasteiger partial charge < -0.3 is 15.4 Å². The van der Waals surface area contributed by atoms with E-state index in [1.54, 1.807) is 0 Å². The minimum absolute atomic E-state index is 0. The van der Waals surface area contributed by atoms with E-state index in [0.717, 1.165) is 38.3 Å². The average molecular weight is 319 g/mol. The molecule has 0 aliphatic rings. The first-order valence-electron chi connectivity index (χ1n) is 6.35. The second-order valence-electron chi connectivity index (χ2n) is 4.21. The van der Waals surface area contributed by atoms with Gasteiger partial charge in [0.05, 0.1) is 0 Å². The first-order valence-corrected chi connectivity index (χ1v) is 8.74. The van der Waals surface area contributed by atoms with Crippen LogP contribution in [0.2, 0.25) is 0 Å². The van der Waals surface area contributed by atoms with Gasteiger partial charge in [-0.1, -0.05) is 41.9 Å². The summed E-state index contributed by atoms with van der Waals surface area (Å²) in [6.45, 7) is 9.35. The van der Waals surface area contributed by atoms with Crippen LogP contribution in [0, 0.1) is 0 Å². The summed E-state index contributed by atoms with van der Waals surface area (Å²) in [5, 5.41) is 7.46. The van der Waals surface area contributed by atoms with Gasteiger partial charge in [0.25, 0.3) is 0 Å². The van der Waals surface area contributed by atoms with Crippen LogP contribution in [0.15, 0.2) is 0 Å². The number of ether oxygens (including phenoxy) is 1. The summed E-state index contributed by atoms with van der Waals surface area (Å²) in [4.78, 5) is 0. The number of rotatable bonds is 12. The van der Waals surface area contributed by atoms with Gasteiger partial charge in [-0.15, -0.1) is 6.54 Å². The molecule has 0 bridgehead atoms. The number of nitrogens with zero attached hydrogens (tertiary/aromatic N) is 1. The topological polar surface area (TPSA) is 35.4 Å². The predicted octanol–water partition coefficient (Wildman–Crippen LogP) is 0.516. The standard InChI is InChI=1S/C12H27N2OS2.K/c1-11(2)14-8-10-16-17-12(3)15-9-6-5-7-13-4;/h11-12,14H,5-10H2,1-4H3;/q-1;+1. The van der Waals surface area contributed by atoms with Crippen LogP contribution in [0.3, 0.4) is 0 Å². The van der Waals surface area contributed by atoms with Gasteiger partial charge in [-0.05, 0) is 13.3 Å². The molecule has 1 N–H and O–H groups in total. The third kappa shape index (κ3) is 18.2. The molecule has 0 aliphatic carbocycles. The second kappa shape index (κ2) is 17.3. The Morgan fingerprint density at radius 1 is 1.22 bits per heavy atom. The third-order valence-electron chi connectivity index (χ3n) is 2.07. The normalized spacial score (nSPS) is 12.5. The van der Waals surface area contributed by atoms with E-state index in [-0.39, 0.29) is 56.8 Å². The molecule has 0 fully saturated rings. The Hall–Kier alpha value is 2.22. The van der Waals surface area contributed by atoms with Crippen molar-refractivity contribution in [1.82, 2.24) is 5.32 Å². The predicted molar refractivity (Wildman–Crippen MR) is 82.0 cm³/mol. The van der Waals surface area contributed by atoms with Crippen LogP contribution < -0.4 is 56.7 Å². The molecule has 104 valence electrons. The maximum atomic E-state index is 5.70. The maximum Gasteiger partial charge on any atom is 1.00 e. The molecule has 18 heavy (non-hydrogen) atoms. The minimum Gasteiger partial charge on any atom is -0.665 e. The van der Waals surface area contributed by atoms with Crippen LogP contribution in [-0.2, 0) is 4.74 Å². The van der Waals surface area contributed by atoms with Gasteiger partial charge in [-0.2, -0.15) is 7.05 Å². The van der Waals surface area contributed by atoms with Crippen molar-refractivity contribution in [2.24, 2.45) is 0 Å². The van der Waals surface area contributed by atoms with Gasteiger partial charge in [0.2, 0.25) is 0 Å². The second-order valence-corrected chi connectivity index (χ2v) is 7.00. The van der Waals surface area contributed by atoms with Crippen LogP contribution in [-0.4, -0.2) is 44.0 Å². The van der Waals surface area contributed by atoms with Crippen LogP contribution in [0.1, 0.15) is 33.6 Å². The van der Waals surface area contributed by atoms with Crippen molar-refractivity contribution in [2.45, 2.75) is 45.1 Å². The monoisotopic (exact) mass is 318 g/mol. The Kier molecular flexibility index (Phi) is 21.6. The van der Waals surface area contributed by atoms with E-state index in [2.05, 4.69) is 31.4 Å². The van der Waals surface area contributed by atoms with Crippen molar-refractivity contribution in [3.05, 3.63) is 5.32 Å². The molecule has 3 nitrogen and oxygen atoms in total. The molecule has 0 amide bonds. The van der Waals surface area contributed by atoms with E-state index >= 15 is 0 Å². The molecule has 0 saturated heterocycles. The summed E-state index contributed by atoms with van der Waals surface area (Å²) in [6.07, 6.45) is 2.25. The summed E-state index contributed by atoms with van der Waals surface area (Å²) in [6, 6.07) is 0.582. The van der Waals surface area contributed by atoms with Crippen molar-refractivity contribution in [1.29, 1.82) is 0 Å². The molecule has 0 spiro atoms. The Labute approximate surface area is 164 Å². The molecule has 0 rings (SSSR count). The van der Waals surface area contributed by atoms with Gasteiger partial charge in [0, 0.05) is 24.9 Å². The fraction of sp³-hybridized carbons (Fsp3) is 1.00. The van der Waals surface area contributed by atoms with Gasteiger partial charge in [-0.3, -0.25) is 0 Å². The largest absolute Gasteiger partial charge is 1.00 e. The van der Waals surface area contributed by atoms with E-state index in [9.17, 15) is 0 Å². The summed E-state index contributed by atoms with van der Waals surface area (Å²) < 4.78 is 5.70. The summed E-state index contributed by atoms with van der Waals surface area (Å²) >= 11 is 0. The van der Waals surface area contributed by atoms with Crippen LogP contribution in [0.4, 0.5) is 0 Å². The zero-order valence-corrected chi connectivity index (χ0v) is 17.3. The average Bonchev–Trinajstić information content (AvgIpc) is 2.28. The van der Waals surface area contributed by atoms with Gasteiger partial charge in [-0.25, -0.2) is 0 Å². The van der Waals surface area contributed by atoms with Crippen molar-refractivity contribution < 1.29 is 56.1 Å². The van der Waals surface area contributed by atoms with E-state index in [1.807, 2.05) is 28.6 Å². The summed E-state index contributed by atoms with van der Waals surface area (Å²) in [7, 11) is 5.57. The Bertz CT molecular complexity index is 165. The molecule has 0 aromatic heterocycles. The van der Waals surface area contributed by atoms with E-state index in [4.69, 9.17) is 4.74 Å². The first kappa shape index (κ1) is 22.5. The number of nitrogens with one attached hydrogen (secondary N) is 1. The molecule has 0 aromatic rings. The molecule has 1 atom stereocenters. The van der Waals surface area contributed by atoms with Gasteiger partial charge >= 0.3 is 51.4 Å². The number of unbranched alkanes of at least 4 members (excludes halogenated alkanes) is 1. The molecule has 6 heteroatoms. The van der Waals surface area contributed by atoms with Crippen molar-refractivity contribution in [3.8, 4) is 0 Å². The Morgan fingerprint density at radius 2 is 1.94 bits per heavy atom. The van der Waals surface area contributed by atoms with Crippen molar-refractivity contribution in [2.75, 3.05) is 32.5 Å². The van der Waals surface area contributed by atoms with E-state index < -0.39 is 0 Å². The maximum absolute atomic E-state index is 5.70. The molecule has 0 aliphatic heterocycles. The first-order chi connectivity index (χ1) is 8.16. The quantitative estimate of drug-likeness (QED) is 0.246. The molecular weight excluding hydrogens is 291 g/mol. The minimum atomic E-state index is 0. The SMILES string of the molecule is C[N-]CCCCOC(C)SSCCNC(C)C.[K+]. The molecular formula is C12H27KN2OS2. The van der Waals surface area contributed by atoms with Gasteiger partial charge in [0.15, 0.2) is 0 Å². The molecule has 0 aromatic carbocycles. The van der Waals surface area contributed by atoms with Crippen molar-refractivity contribution in [3.63, 3.8) is 0 Å². The van der Waals surface area contributed by atoms with Gasteiger partial charge in [0.1, 0.15) is 5.44 Å². The third-order valence-corrected chi connectivity index (χ3v) is 4.71. The Morgan fingerprint density at radius 3 is 2.56 bits per heavy atom. The number of hydrogen-bond acceptors (Lipinski definition) is 4. The fourth-order valence-electron chi connectivity index (χ4n) is 1.18. The van der Waals surface area contributed by atoms with Crippen LogP contribution in [0.5, 0.6) is 0 Å². The van der Waals surface area contributed by atoms with Crippen LogP contribution in [0.25, 0.3) is 5.32 Å². The summed E-state index contributed by atoms with van der Waals surface area (Å²) in [5.74, 6) is 1.13. The molecule has 0 saturated carbocycles. The summed E-state index contributed by atoms with van der Waals surface area (Å²) in [5.41, 5.74) is 0.289. The molecule has 1 unspecified atom stereocenters.